The van der Waals surface area contributed by atoms with E-state index in [1.54, 1.807) is 12.4 Å². The van der Waals surface area contributed by atoms with E-state index < -0.39 is 12.1 Å². The number of nitriles is 1. The fraction of sp³-hybridized carbons (Fsp3) is 0.222. The summed E-state index contributed by atoms with van der Waals surface area (Å²) < 4.78 is 32.8. The van der Waals surface area contributed by atoms with Gasteiger partial charge >= 0.3 is 12.1 Å². The van der Waals surface area contributed by atoms with Crippen molar-refractivity contribution in [3.63, 3.8) is 0 Å². The van der Waals surface area contributed by atoms with Crippen LogP contribution < -0.4 is 5.32 Å². The second-order valence-electron chi connectivity index (χ2n) is 5.77. The Kier molecular flexibility index (Phi) is 6.95. The number of anilines is 1. The smallest absolute Gasteiger partial charge is 0.475 e. The van der Waals surface area contributed by atoms with Crippen LogP contribution in [0.4, 0.5) is 18.9 Å². The quantitative estimate of drug-likeness (QED) is 0.585. The van der Waals surface area contributed by atoms with Crippen LogP contribution in [0.3, 0.4) is 0 Å². The number of aromatic amines is 1. The van der Waals surface area contributed by atoms with Gasteiger partial charge in [0.1, 0.15) is 16.8 Å². The summed E-state index contributed by atoms with van der Waals surface area (Å²) in [4.78, 5) is 28.7. The molecule has 0 radical (unpaired) electrons. The van der Waals surface area contributed by atoms with E-state index in [9.17, 15) is 18.0 Å². The minimum absolute atomic E-state index is 0.0517. The van der Waals surface area contributed by atoms with Crippen molar-refractivity contribution in [1.82, 2.24) is 9.97 Å². The van der Waals surface area contributed by atoms with Crippen molar-refractivity contribution in [2.24, 2.45) is 0 Å². The molecule has 1 amide bonds. The molecule has 0 aliphatic carbocycles. The van der Waals surface area contributed by atoms with Gasteiger partial charge in [-0.1, -0.05) is 0 Å². The number of imidazole rings is 1. The Morgan fingerprint density at radius 1 is 1.38 bits per heavy atom. The number of rotatable bonds is 4. The van der Waals surface area contributed by atoms with Gasteiger partial charge in [0.05, 0.1) is 0 Å². The number of hydrogen-bond donors (Lipinski definition) is 3. The maximum atomic E-state index is 12.0. The van der Waals surface area contributed by atoms with Gasteiger partial charge in [0.2, 0.25) is 5.91 Å². The standard InChI is InChI=1S/C16H14N4OS.C2HF3O2/c1-10-12-8-11(2-3-13(12)22-14(10)9-17)20-16(21)5-4-15-18-6-7-19-15;3-2(4,5)1(6)7/h2-3,6-8H,4-5H2,1H3,(H,18,19)(H,20,21);(H,6,7). The minimum Gasteiger partial charge on any atom is -0.475 e. The number of aryl methyl sites for hydroxylation is 2. The number of aliphatic carboxylic acids is 1. The molecule has 11 heteroatoms. The molecule has 3 N–H and O–H groups in total. The van der Waals surface area contributed by atoms with E-state index in [-0.39, 0.29) is 5.91 Å². The number of nitrogens with zero attached hydrogens (tertiary/aromatic N) is 2. The van der Waals surface area contributed by atoms with Crippen LogP contribution in [0.15, 0.2) is 30.6 Å². The molecule has 0 aliphatic rings. The van der Waals surface area contributed by atoms with Gasteiger partial charge in [-0.3, -0.25) is 4.79 Å². The molecule has 7 nitrogen and oxygen atoms in total. The SMILES string of the molecule is Cc1c(C#N)sc2ccc(NC(=O)CCc3ncc[nH]3)cc12.O=C(O)C(F)(F)F. The lowest BCUT2D eigenvalue weighted by Gasteiger charge is -2.05. The number of hydrogen-bond acceptors (Lipinski definition) is 5. The van der Waals surface area contributed by atoms with Crippen molar-refractivity contribution in [3.8, 4) is 6.07 Å². The summed E-state index contributed by atoms with van der Waals surface area (Å²) in [5.74, 6) is -2.01. The molecule has 0 atom stereocenters. The monoisotopic (exact) mass is 424 g/mol. The number of amides is 1. The first-order valence-electron chi connectivity index (χ1n) is 8.13. The van der Waals surface area contributed by atoms with Crippen molar-refractivity contribution in [2.75, 3.05) is 5.32 Å². The van der Waals surface area contributed by atoms with Gasteiger partial charge in [0.25, 0.3) is 0 Å². The molecule has 1 aromatic carbocycles. The zero-order valence-corrected chi connectivity index (χ0v) is 15.8. The molecule has 0 saturated carbocycles. The number of H-pyrrole nitrogens is 1. The van der Waals surface area contributed by atoms with Crippen LogP contribution in [0.5, 0.6) is 0 Å². The lowest BCUT2D eigenvalue weighted by Crippen LogP contribution is -2.21. The first-order valence-corrected chi connectivity index (χ1v) is 8.95. The number of carboxylic acids is 1. The summed E-state index contributed by atoms with van der Waals surface area (Å²) in [5.41, 5.74) is 1.72. The van der Waals surface area contributed by atoms with E-state index in [4.69, 9.17) is 15.2 Å². The summed E-state index contributed by atoms with van der Waals surface area (Å²) in [7, 11) is 0. The van der Waals surface area contributed by atoms with Crippen molar-refractivity contribution in [3.05, 3.63) is 46.9 Å². The molecule has 0 fully saturated rings. The second kappa shape index (κ2) is 9.20. The van der Waals surface area contributed by atoms with Crippen LogP contribution in [-0.4, -0.2) is 33.1 Å². The number of thiophene rings is 1. The van der Waals surface area contributed by atoms with Crippen LogP contribution in [0.2, 0.25) is 0 Å². The van der Waals surface area contributed by atoms with E-state index in [1.165, 1.54) is 11.3 Å². The second-order valence-corrected chi connectivity index (χ2v) is 6.82. The average molecular weight is 424 g/mol. The molecule has 2 aromatic heterocycles. The molecule has 0 bridgehead atoms. The van der Waals surface area contributed by atoms with E-state index in [1.807, 2.05) is 25.1 Å². The Bertz CT molecular complexity index is 1050. The van der Waals surface area contributed by atoms with Crippen LogP contribution in [0, 0.1) is 18.3 Å². The third-order valence-electron chi connectivity index (χ3n) is 3.71. The number of nitrogens with one attached hydrogen (secondary N) is 2. The van der Waals surface area contributed by atoms with Crippen LogP contribution >= 0.6 is 11.3 Å². The van der Waals surface area contributed by atoms with Gasteiger partial charge in [-0.05, 0) is 36.1 Å². The van der Waals surface area contributed by atoms with Crippen molar-refractivity contribution < 1.29 is 27.9 Å². The molecule has 29 heavy (non-hydrogen) atoms. The van der Waals surface area contributed by atoms with Gasteiger partial charge in [-0.2, -0.15) is 18.4 Å². The maximum absolute atomic E-state index is 12.0. The Morgan fingerprint density at radius 2 is 2.07 bits per heavy atom. The number of halogens is 3. The number of benzene rings is 1. The molecular formula is C18H15F3N4O3S. The molecule has 0 aliphatic heterocycles. The van der Waals surface area contributed by atoms with Crippen molar-refractivity contribution in [2.45, 2.75) is 25.9 Å². The van der Waals surface area contributed by atoms with Crippen molar-refractivity contribution in [1.29, 1.82) is 5.26 Å². The zero-order chi connectivity index (χ0) is 21.6. The number of carbonyl (C=O) groups excluding carboxylic acids is 1. The molecule has 0 spiro atoms. The number of carbonyl (C=O) groups is 2. The van der Waals surface area contributed by atoms with Crippen LogP contribution in [-0.2, 0) is 16.0 Å². The van der Waals surface area contributed by atoms with Crippen molar-refractivity contribution >= 4 is 39.0 Å². The highest BCUT2D eigenvalue weighted by molar-refractivity contribution is 7.19. The third-order valence-corrected chi connectivity index (χ3v) is 4.89. The Hall–Kier alpha value is -3.39. The number of carboxylic acid groups (broad SMARTS) is 1. The molecular weight excluding hydrogens is 409 g/mol. The molecule has 2 heterocycles. The fourth-order valence-electron chi connectivity index (χ4n) is 2.30. The maximum Gasteiger partial charge on any atom is 0.490 e. The van der Waals surface area contributed by atoms with E-state index in [2.05, 4.69) is 21.4 Å². The Morgan fingerprint density at radius 3 is 2.62 bits per heavy atom. The molecule has 0 unspecified atom stereocenters. The van der Waals surface area contributed by atoms with E-state index in [0.717, 1.165) is 32.0 Å². The fourth-order valence-corrected chi connectivity index (χ4v) is 3.28. The Balaban J connectivity index is 0.000000370. The Labute approximate surface area is 166 Å². The van der Waals surface area contributed by atoms with Gasteiger partial charge < -0.3 is 15.4 Å². The molecule has 3 rings (SSSR count). The highest BCUT2D eigenvalue weighted by atomic mass is 32.1. The number of fused-ring (bicyclic) bond motifs is 1. The highest BCUT2D eigenvalue weighted by Gasteiger charge is 2.38. The lowest BCUT2D eigenvalue weighted by molar-refractivity contribution is -0.192. The van der Waals surface area contributed by atoms with Crippen LogP contribution in [0.1, 0.15) is 22.7 Å². The predicted molar refractivity (Wildman–Crippen MR) is 101 cm³/mol. The summed E-state index contributed by atoms with van der Waals surface area (Å²) >= 11 is 1.47. The lowest BCUT2D eigenvalue weighted by atomic mass is 10.1. The summed E-state index contributed by atoms with van der Waals surface area (Å²) in [6.45, 7) is 1.93. The van der Waals surface area contributed by atoms with Gasteiger partial charge in [-0.15, -0.1) is 11.3 Å². The molecule has 152 valence electrons. The zero-order valence-electron chi connectivity index (χ0n) is 15.0. The summed E-state index contributed by atoms with van der Waals surface area (Å²) in [6, 6.07) is 7.93. The number of alkyl halides is 3. The molecule has 0 saturated heterocycles. The number of aromatic nitrogens is 2. The topological polar surface area (TPSA) is 119 Å². The highest BCUT2D eigenvalue weighted by Crippen LogP contribution is 2.32. The summed E-state index contributed by atoms with van der Waals surface area (Å²) in [5, 5.41) is 20.1. The minimum atomic E-state index is -5.08. The molecule has 3 aromatic rings. The van der Waals surface area contributed by atoms with Crippen LogP contribution in [0.25, 0.3) is 10.1 Å². The summed E-state index contributed by atoms with van der Waals surface area (Å²) in [6.07, 6.45) is -0.713. The van der Waals surface area contributed by atoms with Gasteiger partial charge in [0, 0.05) is 35.6 Å². The predicted octanol–water partition coefficient (Wildman–Crippen LogP) is 4.01. The van der Waals surface area contributed by atoms with E-state index >= 15 is 0 Å². The first kappa shape index (κ1) is 21.9. The normalized spacial score (nSPS) is 10.7. The largest absolute Gasteiger partial charge is 0.490 e. The first-order chi connectivity index (χ1) is 13.6. The van der Waals surface area contributed by atoms with E-state index in [0.29, 0.717) is 12.8 Å². The third kappa shape index (κ3) is 6.05. The van der Waals surface area contributed by atoms with Gasteiger partial charge in [-0.25, -0.2) is 9.78 Å². The van der Waals surface area contributed by atoms with Gasteiger partial charge in [0.15, 0.2) is 0 Å². The average Bonchev–Trinajstić information content (AvgIpc) is 3.28.